The Kier molecular flexibility index (Phi) is 6.21. The van der Waals surface area contributed by atoms with Crippen molar-refractivity contribution in [3.8, 4) is 0 Å². The predicted molar refractivity (Wildman–Crippen MR) is 71.1 cm³/mol. The average Bonchev–Trinajstić information content (AvgIpc) is 2.81. The molecule has 0 aromatic rings. The molecule has 1 saturated heterocycles. The molecule has 5 nitrogen and oxygen atoms in total. The van der Waals surface area contributed by atoms with E-state index in [1.807, 2.05) is 4.90 Å². The summed E-state index contributed by atoms with van der Waals surface area (Å²) >= 11 is 4.84. The summed E-state index contributed by atoms with van der Waals surface area (Å²) in [6.45, 7) is 3.42. The van der Waals surface area contributed by atoms with Gasteiger partial charge in [0, 0.05) is 39.7 Å². The molecular weight excluding hydrogens is 238 g/mol. The first-order valence-electron chi connectivity index (χ1n) is 5.96. The van der Waals surface area contributed by atoms with Gasteiger partial charge < -0.3 is 20.3 Å². The van der Waals surface area contributed by atoms with Gasteiger partial charge in [0.1, 0.15) is 0 Å². The number of likely N-dealkylation sites (tertiary alicyclic amines) is 1. The van der Waals surface area contributed by atoms with E-state index < -0.39 is 0 Å². The topological polar surface area (TPSA) is 58.8 Å². The van der Waals surface area contributed by atoms with Gasteiger partial charge in [-0.2, -0.15) is 0 Å². The molecule has 1 aliphatic heterocycles. The van der Waals surface area contributed by atoms with Gasteiger partial charge in [0.25, 0.3) is 0 Å². The van der Waals surface area contributed by atoms with Gasteiger partial charge in [0.15, 0.2) is 0 Å². The number of carbonyl (C=O) groups is 1. The third-order valence-electron chi connectivity index (χ3n) is 2.84. The normalized spacial score (nSPS) is 15.0. The van der Waals surface area contributed by atoms with Crippen LogP contribution in [0.25, 0.3) is 0 Å². The molecule has 17 heavy (non-hydrogen) atoms. The van der Waals surface area contributed by atoms with Crippen molar-refractivity contribution in [3.05, 3.63) is 0 Å². The van der Waals surface area contributed by atoms with Crippen LogP contribution in [0, 0.1) is 0 Å². The first kappa shape index (κ1) is 14.2. The molecule has 1 aliphatic rings. The van der Waals surface area contributed by atoms with Crippen LogP contribution in [0.5, 0.6) is 0 Å². The maximum Gasteiger partial charge on any atom is 0.320 e. The highest BCUT2D eigenvalue weighted by Gasteiger charge is 2.23. The number of hydrogen-bond acceptors (Lipinski definition) is 3. The fraction of sp³-hybridized carbons (Fsp3) is 0.818. The standard InChI is InChI=1S/C11H21N3O2S/c1-16-9-8-14(7-4-10(12)17)11(15)13-5-2-3-6-13/h2-9H2,1H3,(H2,12,17). The van der Waals surface area contributed by atoms with E-state index in [0.717, 1.165) is 25.9 Å². The van der Waals surface area contributed by atoms with Gasteiger partial charge in [0.05, 0.1) is 11.6 Å². The highest BCUT2D eigenvalue weighted by atomic mass is 32.1. The number of thiocarbonyl (C=S) groups is 1. The van der Waals surface area contributed by atoms with Crippen LogP contribution in [0.4, 0.5) is 4.79 Å². The molecule has 0 unspecified atom stereocenters. The Hall–Kier alpha value is -0.880. The first-order chi connectivity index (χ1) is 8.15. The van der Waals surface area contributed by atoms with Crippen LogP contribution in [0.2, 0.25) is 0 Å². The molecule has 1 heterocycles. The number of methoxy groups -OCH3 is 1. The molecule has 2 amide bonds. The Morgan fingerprint density at radius 1 is 1.41 bits per heavy atom. The van der Waals surface area contributed by atoms with E-state index in [0.29, 0.717) is 31.1 Å². The molecule has 6 heteroatoms. The maximum absolute atomic E-state index is 12.2. The van der Waals surface area contributed by atoms with Gasteiger partial charge >= 0.3 is 6.03 Å². The highest BCUT2D eigenvalue weighted by Crippen LogP contribution is 2.10. The Bertz CT molecular complexity index is 267. The fourth-order valence-electron chi connectivity index (χ4n) is 1.86. The summed E-state index contributed by atoms with van der Waals surface area (Å²) in [6.07, 6.45) is 2.76. The van der Waals surface area contributed by atoms with Crippen molar-refractivity contribution in [2.45, 2.75) is 19.3 Å². The lowest BCUT2D eigenvalue weighted by molar-refractivity contribution is 0.132. The lowest BCUT2D eigenvalue weighted by Gasteiger charge is -2.27. The molecule has 0 saturated carbocycles. The van der Waals surface area contributed by atoms with E-state index in [4.69, 9.17) is 22.7 Å². The number of ether oxygens (including phenoxy) is 1. The number of carbonyl (C=O) groups excluding carboxylic acids is 1. The highest BCUT2D eigenvalue weighted by molar-refractivity contribution is 7.80. The second-order valence-electron chi connectivity index (χ2n) is 4.17. The fourth-order valence-corrected chi connectivity index (χ4v) is 1.95. The number of urea groups is 1. The zero-order valence-corrected chi connectivity index (χ0v) is 11.2. The largest absolute Gasteiger partial charge is 0.393 e. The smallest absolute Gasteiger partial charge is 0.320 e. The minimum atomic E-state index is 0.0794. The van der Waals surface area contributed by atoms with Gasteiger partial charge in [-0.05, 0) is 12.8 Å². The van der Waals surface area contributed by atoms with Crippen molar-refractivity contribution in [1.82, 2.24) is 9.80 Å². The summed E-state index contributed by atoms with van der Waals surface area (Å²) in [6, 6.07) is 0.0794. The van der Waals surface area contributed by atoms with Crippen LogP contribution >= 0.6 is 12.2 Å². The van der Waals surface area contributed by atoms with Gasteiger partial charge in [-0.25, -0.2) is 4.79 Å². The number of nitrogens with two attached hydrogens (primary N) is 1. The average molecular weight is 259 g/mol. The molecular formula is C11H21N3O2S. The lowest BCUT2D eigenvalue weighted by Crippen LogP contribution is -2.44. The SMILES string of the molecule is COCCN(CCC(N)=S)C(=O)N1CCCC1. The summed E-state index contributed by atoms with van der Waals surface area (Å²) in [5.41, 5.74) is 5.47. The van der Waals surface area contributed by atoms with Crippen molar-refractivity contribution in [2.75, 3.05) is 39.9 Å². The lowest BCUT2D eigenvalue weighted by atomic mass is 10.4. The van der Waals surface area contributed by atoms with Crippen LogP contribution < -0.4 is 5.73 Å². The van der Waals surface area contributed by atoms with Crippen molar-refractivity contribution in [2.24, 2.45) is 5.73 Å². The molecule has 0 aliphatic carbocycles. The first-order valence-corrected chi connectivity index (χ1v) is 6.37. The van der Waals surface area contributed by atoms with Gasteiger partial charge in [0.2, 0.25) is 0 Å². The van der Waals surface area contributed by atoms with Gasteiger partial charge in [-0.3, -0.25) is 0 Å². The zero-order chi connectivity index (χ0) is 12.7. The second kappa shape index (κ2) is 7.45. The number of hydrogen-bond donors (Lipinski definition) is 1. The second-order valence-corrected chi connectivity index (χ2v) is 4.70. The van der Waals surface area contributed by atoms with E-state index in [1.165, 1.54) is 0 Å². The monoisotopic (exact) mass is 259 g/mol. The molecule has 0 aromatic carbocycles. The van der Waals surface area contributed by atoms with Crippen molar-refractivity contribution >= 4 is 23.2 Å². The molecule has 0 atom stereocenters. The molecule has 1 fully saturated rings. The van der Waals surface area contributed by atoms with Gasteiger partial charge in [-0.15, -0.1) is 0 Å². The van der Waals surface area contributed by atoms with E-state index in [1.54, 1.807) is 12.0 Å². The summed E-state index contributed by atoms with van der Waals surface area (Å²) in [4.78, 5) is 16.3. The molecule has 0 bridgehead atoms. The van der Waals surface area contributed by atoms with Gasteiger partial charge in [-0.1, -0.05) is 12.2 Å². The Morgan fingerprint density at radius 2 is 2.06 bits per heavy atom. The summed E-state index contributed by atoms with van der Waals surface area (Å²) in [7, 11) is 1.63. The maximum atomic E-state index is 12.2. The van der Waals surface area contributed by atoms with E-state index >= 15 is 0 Å². The van der Waals surface area contributed by atoms with E-state index in [2.05, 4.69) is 0 Å². The quantitative estimate of drug-likeness (QED) is 0.718. The number of amides is 2. The molecule has 0 radical (unpaired) electrons. The van der Waals surface area contributed by atoms with Crippen molar-refractivity contribution in [3.63, 3.8) is 0 Å². The number of nitrogens with zero attached hydrogens (tertiary/aromatic N) is 2. The molecule has 0 aromatic heterocycles. The van der Waals surface area contributed by atoms with E-state index in [-0.39, 0.29) is 6.03 Å². The zero-order valence-electron chi connectivity index (χ0n) is 10.4. The summed E-state index contributed by atoms with van der Waals surface area (Å²) in [5, 5.41) is 0. The van der Waals surface area contributed by atoms with Crippen LogP contribution in [-0.2, 0) is 4.74 Å². The number of rotatable bonds is 6. The molecule has 1 rings (SSSR count). The minimum Gasteiger partial charge on any atom is -0.393 e. The molecule has 0 spiro atoms. The Morgan fingerprint density at radius 3 is 2.59 bits per heavy atom. The predicted octanol–water partition coefficient (Wildman–Crippen LogP) is 0.827. The Labute approximate surface area is 108 Å². The molecule has 98 valence electrons. The minimum absolute atomic E-state index is 0.0794. The van der Waals surface area contributed by atoms with Crippen LogP contribution in [0.1, 0.15) is 19.3 Å². The van der Waals surface area contributed by atoms with E-state index in [9.17, 15) is 4.79 Å². The summed E-state index contributed by atoms with van der Waals surface area (Å²) < 4.78 is 5.02. The third kappa shape index (κ3) is 4.87. The van der Waals surface area contributed by atoms with Crippen LogP contribution in [0.15, 0.2) is 0 Å². The van der Waals surface area contributed by atoms with Crippen molar-refractivity contribution < 1.29 is 9.53 Å². The van der Waals surface area contributed by atoms with Crippen molar-refractivity contribution in [1.29, 1.82) is 0 Å². The summed E-state index contributed by atoms with van der Waals surface area (Å²) in [5.74, 6) is 0. The third-order valence-corrected chi connectivity index (χ3v) is 3.04. The van der Waals surface area contributed by atoms with Crippen LogP contribution in [-0.4, -0.2) is 60.7 Å². The van der Waals surface area contributed by atoms with Crippen LogP contribution in [0.3, 0.4) is 0 Å². The molecule has 2 N–H and O–H groups in total. The Balaban J connectivity index is 2.47.